The second-order valence-corrected chi connectivity index (χ2v) is 10.1. The Kier molecular flexibility index (Phi) is 6.92. The summed E-state index contributed by atoms with van der Waals surface area (Å²) in [4.78, 5) is 21.2. The number of fused-ring (bicyclic) bond motifs is 1. The first-order chi connectivity index (χ1) is 15.5. The van der Waals surface area contributed by atoms with Gasteiger partial charge in [0.1, 0.15) is 22.0 Å². The van der Waals surface area contributed by atoms with Crippen molar-refractivity contribution in [2.45, 2.75) is 29.7 Å². The van der Waals surface area contributed by atoms with E-state index in [9.17, 15) is 13.2 Å². The fraction of sp³-hybridized carbons (Fsp3) is 0.318. The van der Waals surface area contributed by atoms with Gasteiger partial charge >= 0.3 is 0 Å². The fourth-order valence-corrected chi connectivity index (χ4v) is 6.02. The van der Waals surface area contributed by atoms with Crippen molar-refractivity contribution in [2.24, 2.45) is 0 Å². The minimum Gasteiger partial charge on any atom is -0.492 e. The molecule has 1 fully saturated rings. The summed E-state index contributed by atoms with van der Waals surface area (Å²) in [6.07, 6.45) is 3.16. The molecule has 0 atom stereocenters. The molecule has 32 heavy (non-hydrogen) atoms. The molecule has 0 aliphatic carbocycles. The van der Waals surface area contributed by atoms with Gasteiger partial charge in [-0.1, -0.05) is 30.0 Å². The van der Waals surface area contributed by atoms with Crippen LogP contribution < -0.4 is 10.1 Å². The quantitative estimate of drug-likeness (QED) is 0.395. The number of benzene rings is 2. The number of amides is 1. The average molecular weight is 473 g/mol. The molecular formula is C22H24N4O4S2. The van der Waals surface area contributed by atoms with Gasteiger partial charge in [-0.3, -0.25) is 4.79 Å². The highest BCUT2D eigenvalue weighted by molar-refractivity contribution is 8.00. The Hall–Kier alpha value is -2.69. The first-order valence-corrected chi connectivity index (χ1v) is 12.8. The van der Waals surface area contributed by atoms with Crippen LogP contribution >= 0.6 is 11.8 Å². The van der Waals surface area contributed by atoms with Crippen molar-refractivity contribution in [2.75, 3.05) is 30.8 Å². The Morgan fingerprint density at radius 3 is 2.72 bits per heavy atom. The second kappa shape index (κ2) is 9.85. The molecule has 1 amide bonds. The highest BCUT2D eigenvalue weighted by Crippen LogP contribution is 2.32. The molecule has 0 spiro atoms. The van der Waals surface area contributed by atoms with Gasteiger partial charge < -0.3 is 10.1 Å². The molecular weight excluding hydrogens is 448 g/mol. The molecule has 3 aromatic rings. The fourth-order valence-electron chi connectivity index (χ4n) is 3.56. The number of hydrogen-bond acceptors (Lipinski definition) is 7. The van der Waals surface area contributed by atoms with E-state index >= 15 is 0 Å². The SMILES string of the molecule is CCOc1ccc(NC(=O)CSc2ncnc3ccccc23)cc1S(=O)(=O)N1CCCC1. The lowest BCUT2D eigenvalue weighted by Gasteiger charge is -2.19. The Labute approximate surface area is 191 Å². The zero-order chi connectivity index (χ0) is 22.6. The van der Waals surface area contributed by atoms with Crippen molar-refractivity contribution >= 4 is 44.3 Å². The van der Waals surface area contributed by atoms with Crippen molar-refractivity contribution in [3.05, 3.63) is 48.8 Å². The van der Waals surface area contributed by atoms with Gasteiger partial charge in [-0.25, -0.2) is 18.4 Å². The maximum Gasteiger partial charge on any atom is 0.246 e. The van der Waals surface area contributed by atoms with Crippen molar-refractivity contribution in [3.8, 4) is 5.75 Å². The number of thioether (sulfide) groups is 1. The predicted octanol–water partition coefficient (Wildman–Crippen LogP) is 3.54. The molecule has 10 heteroatoms. The minimum absolute atomic E-state index is 0.0773. The normalized spacial score (nSPS) is 14.5. The second-order valence-electron chi connectivity index (χ2n) is 7.24. The van der Waals surface area contributed by atoms with Crippen molar-refractivity contribution in [1.29, 1.82) is 0 Å². The van der Waals surface area contributed by atoms with Gasteiger partial charge in [0.25, 0.3) is 0 Å². The molecule has 4 rings (SSSR count). The summed E-state index contributed by atoms with van der Waals surface area (Å²) in [6, 6.07) is 12.3. The summed E-state index contributed by atoms with van der Waals surface area (Å²) < 4.78 is 33.3. The van der Waals surface area contributed by atoms with E-state index in [4.69, 9.17) is 4.74 Å². The third-order valence-electron chi connectivity index (χ3n) is 5.06. The van der Waals surface area contributed by atoms with Gasteiger partial charge in [-0.2, -0.15) is 4.31 Å². The zero-order valence-electron chi connectivity index (χ0n) is 17.7. The number of sulfonamides is 1. The molecule has 0 saturated carbocycles. The van der Waals surface area contributed by atoms with E-state index in [-0.39, 0.29) is 16.6 Å². The van der Waals surface area contributed by atoms with Crippen LogP contribution in [0.4, 0.5) is 5.69 Å². The average Bonchev–Trinajstić information content (AvgIpc) is 3.35. The maximum absolute atomic E-state index is 13.1. The summed E-state index contributed by atoms with van der Waals surface area (Å²) in [5, 5.41) is 4.39. The Bertz CT molecular complexity index is 1220. The van der Waals surface area contributed by atoms with Crippen LogP contribution in [0.5, 0.6) is 5.75 Å². The number of carbonyl (C=O) groups is 1. The smallest absolute Gasteiger partial charge is 0.246 e. The monoisotopic (exact) mass is 472 g/mol. The van der Waals surface area contributed by atoms with Crippen LogP contribution in [-0.2, 0) is 14.8 Å². The van der Waals surface area contributed by atoms with Gasteiger partial charge in [0, 0.05) is 24.2 Å². The van der Waals surface area contributed by atoms with Crippen LogP contribution in [0.25, 0.3) is 10.9 Å². The van der Waals surface area contributed by atoms with E-state index in [1.807, 2.05) is 24.3 Å². The molecule has 2 aromatic carbocycles. The largest absolute Gasteiger partial charge is 0.492 e. The van der Waals surface area contributed by atoms with E-state index < -0.39 is 10.0 Å². The number of ether oxygens (including phenoxy) is 1. The molecule has 0 radical (unpaired) electrons. The van der Waals surface area contributed by atoms with Gasteiger partial charge in [0.2, 0.25) is 15.9 Å². The van der Waals surface area contributed by atoms with Crippen molar-refractivity contribution in [1.82, 2.24) is 14.3 Å². The summed E-state index contributed by atoms with van der Waals surface area (Å²) >= 11 is 1.30. The lowest BCUT2D eigenvalue weighted by atomic mass is 10.2. The summed E-state index contributed by atoms with van der Waals surface area (Å²) in [6.45, 7) is 3.13. The van der Waals surface area contributed by atoms with Crippen LogP contribution in [0.15, 0.2) is 58.7 Å². The molecule has 0 bridgehead atoms. The number of carbonyl (C=O) groups excluding carboxylic acids is 1. The molecule has 1 aliphatic rings. The minimum atomic E-state index is -3.69. The standard InChI is InChI=1S/C22H24N4O4S2/c1-2-30-19-10-9-16(13-20(19)32(28,29)26-11-5-6-12-26)25-21(27)14-31-22-17-7-3-4-8-18(17)23-15-24-22/h3-4,7-10,13,15H,2,5-6,11-12,14H2,1H3,(H,25,27). The van der Waals surface area contributed by atoms with Crippen LogP contribution in [0.1, 0.15) is 19.8 Å². The van der Waals surface area contributed by atoms with Crippen molar-refractivity contribution < 1.29 is 17.9 Å². The highest BCUT2D eigenvalue weighted by atomic mass is 32.2. The number of nitrogens with one attached hydrogen (secondary N) is 1. The van der Waals surface area contributed by atoms with E-state index in [1.54, 1.807) is 19.1 Å². The lowest BCUT2D eigenvalue weighted by Crippen LogP contribution is -2.28. The highest BCUT2D eigenvalue weighted by Gasteiger charge is 2.30. The lowest BCUT2D eigenvalue weighted by molar-refractivity contribution is -0.113. The summed E-state index contributed by atoms with van der Waals surface area (Å²) in [5.74, 6) is 0.160. The number of hydrogen-bond donors (Lipinski definition) is 1. The maximum atomic E-state index is 13.1. The Morgan fingerprint density at radius 2 is 1.94 bits per heavy atom. The third kappa shape index (κ3) is 4.87. The van der Waals surface area contributed by atoms with Crippen LogP contribution in [0.3, 0.4) is 0 Å². The van der Waals surface area contributed by atoms with E-state index in [1.165, 1.54) is 28.5 Å². The van der Waals surface area contributed by atoms with Gasteiger partial charge in [-0.15, -0.1) is 0 Å². The molecule has 168 valence electrons. The van der Waals surface area contributed by atoms with Crippen molar-refractivity contribution in [3.63, 3.8) is 0 Å². The predicted molar refractivity (Wildman–Crippen MR) is 124 cm³/mol. The Balaban J connectivity index is 1.50. The molecule has 1 saturated heterocycles. The number of aromatic nitrogens is 2. The third-order valence-corrected chi connectivity index (χ3v) is 7.98. The first kappa shape index (κ1) is 22.5. The van der Waals surface area contributed by atoms with Gasteiger partial charge in [0.05, 0.1) is 17.9 Å². The van der Waals surface area contributed by atoms with Crippen LogP contribution in [0.2, 0.25) is 0 Å². The Morgan fingerprint density at radius 1 is 1.16 bits per heavy atom. The number of anilines is 1. The number of rotatable bonds is 8. The van der Waals surface area contributed by atoms with Gasteiger partial charge in [-0.05, 0) is 44.0 Å². The molecule has 2 heterocycles. The van der Waals surface area contributed by atoms with Gasteiger partial charge in [0.15, 0.2) is 0 Å². The van der Waals surface area contributed by atoms with E-state index in [2.05, 4.69) is 15.3 Å². The summed E-state index contributed by atoms with van der Waals surface area (Å²) in [7, 11) is -3.69. The first-order valence-electron chi connectivity index (χ1n) is 10.4. The number of nitrogens with zero attached hydrogens (tertiary/aromatic N) is 3. The molecule has 1 N–H and O–H groups in total. The van der Waals surface area contributed by atoms with E-state index in [0.717, 1.165) is 28.8 Å². The molecule has 1 aromatic heterocycles. The van der Waals surface area contributed by atoms with E-state index in [0.29, 0.717) is 31.1 Å². The molecule has 0 unspecified atom stereocenters. The molecule has 8 nitrogen and oxygen atoms in total. The van der Waals surface area contributed by atoms with Crippen LogP contribution in [-0.4, -0.2) is 54.0 Å². The number of para-hydroxylation sites is 1. The van der Waals surface area contributed by atoms with Crippen LogP contribution in [0, 0.1) is 0 Å². The zero-order valence-corrected chi connectivity index (χ0v) is 19.3. The topological polar surface area (TPSA) is 101 Å². The summed E-state index contributed by atoms with van der Waals surface area (Å²) in [5.41, 5.74) is 1.22. The molecule has 1 aliphatic heterocycles.